The van der Waals surface area contributed by atoms with E-state index in [0.717, 1.165) is 24.2 Å². The number of carbonyl (C=O) groups is 2. The van der Waals surface area contributed by atoms with E-state index in [0.29, 0.717) is 36.5 Å². The fraction of sp³-hybridized carbons (Fsp3) is 0.476. The highest BCUT2D eigenvalue weighted by atomic mass is 35.5. The Hall–Kier alpha value is -2.39. The molecule has 0 bridgehead atoms. The zero-order chi connectivity index (χ0) is 21.8. The maximum absolute atomic E-state index is 12.4. The lowest BCUT2D eigenvalue weighted by atomic mass is 10.1. The third-order valence-corrected chi connectivity index (χ3v) is 6.41. The van der Waals surface area contributed by atoms with Crippen LogP contribution in [0.5, 0.6) is 0 Å². The fourth-order valence-corrected chi connectivity index (χ4v) is 4.47. The molecule has 2 fully saturated rings. The van der Waals surface area contributed by atoms with Gasteiger partial charge in [0.2, 0.25) is 11.8 Å². The summed E-state index contributed by atoms with van der Waals surface area (Å²) in [7, 11) is 0. The van der Waals surface area contributed by atoms with E-state index in [4.69, 9.17) is 11.6 Å². The molecule has 2 aliphatic rings. The molecule has 164 valence electrons. The van der Waals surface area contributed by atoms with Crippen LogP contribution in [0.2, 0.25) is 5.15 Å². The number of nitrogens with zero attached hydrogens (tertiary/aromatic N) is 5. The molecule has 1 aliphatic heterocycles. The van der Waals surface area contributed by atoms with Gasteiger partial charge < -0.3 is 15.1 Å². The Bertz CT molecular complexity index is 943. The van der Waals surface area contributed by atoms with Crippen molar-refractivity contribution in [2.45, 2.75) is 37.5 Å². The predicted octanol–water partition coefficient (Wildman–Crippen LogP) is 2.38. The van der Waals surface area contributed by atoms with Crippen LogP contribution in [0.15, 0.2) is 35.7 Å². The number of anilines is 1. The molecule has 1 aliphatic carbocycles. The van der Waals surface area contributed by atoms with Gasteiger partial charge in [0, 0.05) is 56.6 Å². The second kappa shape index (κ2) is 9.82. The van der Waals surface area contributed by atoms with Crippen molar-refractivity contribution >= 4 is 41.0 Å². The number of hydrogen-bond acceptors (Lipinski definition) is 7. The first-order valence-electron chi connectivity index (χ1n) is 10.4. The minimum absolute atomic E-state index is 0.111. The molecule has 1 unspecified atom stereocenters. The predicted molar refractivity (Wildman–Crippen MR) is 120 cm³/mol. The van der Waals surface area contributed by atoms with E-state index in [9.17, 15) is 9.59 Å². The largest absolute Gasteiger partial charge is 0.353 e. The van der Waals surface area contributed by atoms with Crippen molar-refractivity contribution in [3.05, 3.63) is 41.3 Å². The molecule has 3 heterocycles. The summed E-state index contributed by atoms with van der Waals surface area (Å²) in [5.41, 5.74) is 0.940. The summed E-state index contributed by atoms with van der Waals surface area (Å²) < 4.78 is 0. The van der Waals surface area contributed by atoms with E-state index in [1.807, 2.05) is 17.0 Å². The maximum Gasteiger partial charge on any atom is 0.230 e. The van der Waals surface area contributed by atoms with Crippen LogP contribution in [0.1, 0.15) is 25.3 Å². The highest BCUT2D eigenvalue weighted by Crippen LogP contribution is 2.32. The number of aromatic nitrogens is 3. The molecule has 0 aromatic carbocycles. The van der Waals surface area contributed by atoms with Crippen LogP contribution in [-0.4, -0.2) is 63.1 Å². The van der Waals surface area contributed by atoms with Gasteiger partial charge in [-0.1, -0.05) is 29.4 Å². The molecule has 1 atom stereocenters. The van der Waals surface area contributed by atoms with Crippen molar-refractivity contribution in [2.75, 3.05) is 30.3 Å². The standard InChI is InChI=1S/C21H25ClN6O2S/c1-14-12-27(7-8-28(14)20(30)16-4-5-16)18-9-17(22)25-21(26-18)31-13-19(29)24-11-15-3-2-6-23-10-15/h2-3,6,9-10,14,16H,4-5,7-8,11-13H2,1H3,(H,24,29). The minimum atomic E-state index is -0.111. The number of piperazine rings is 1. The average molecular weight is 461 g/mol. The third-order valence-electron chi connectivity index (χ3n) is 5.37. The fourth-order valence-electron chi connectivity index (χ4n) is 3.55. The van der Waals surface area contributed by atoms with Gasteiger partial charge in [0.05, 0.1) is 5.75 Å². The molecule has 1 saturated heterocycles. The Morgan fingerprint density at radius 3 is 2.84 bits per heavy atom. The summed E-state index contributed by atoms with van der Waals surface area (Å²) in [4.78, 5) is 41.6. The van der Waals surface area contributed by atoms with Gasteiger partial charge in [-0.2, -0.15) is 0 Å². The summed E-state index contributed by atoms with van der Waals surface area (Å²) in [6.07, 6.45) is 5.45. The van der Waals surface area contributed by atoms with Crippen molar-refractivity contribution in [3.8, 4) is 0 Å². The molecule has 1 saturated carbocycles. The van der Waals surface area contributed by atoms with E-state index in [1.54, 1.807) is 18.5 Å². The summed E-state index contributed by atoms with van der Waals surface area (Å²) in [5.74, 6) is 1.32. The van der Waals surface area contributed by atoms with Gasteiger partial charge in [-0.25, -0.2) is 9.97 Å². The number of hydrogen-bond donors (Lipinski definition) is 1. The molecule has 0 spiro atoms. The van der Waals surface area contributed by atoms with Crippen molar-refractivity contribution in [2.24, 2.45) is 5.92 Å². The quantitative estimate of drug-likeness (QED) is 0.385. The zero-order valence-electron chi connectivity index (χ0n) is 17.3. The van der Waals surface area contributed by atoms with Crippen LogP contribution in [0, 0.1) is 5.92 Å². The lowest BCUT2D eigenvalue weighted by Crippen LogP contribution is -2.54. The Morgan fingerprint density at radius 1 is 1.29 bits per heavy atom. The van der Waals surface area contributed by atoms with Crippen molar-refractivity contribution in [3.63, 3.8) is 0 Å². The van der Waals surface area contributed by atoms with E-state index in [1.165, 1.54) is 11.8 Å². The van der Waals surface area contributed by atoms with E-state index < -0.39 is 0 Å². The highest BCUT2D eigenvalue weighted by molar-refractivity contribution is 7.99. The molecule has 2 amide bonds. The molecular weight excluding hydrogens is 436 g/mol. The highest BCUT2D eigenvalue weighted by Gasteiger charge is 2.37. The Balaban J connectivity index is 1.32. The number of pyridine rings is 1. The van der Waals surface area contributed by atoms with Gasteiger partial charge in [0.15, 0.2) is 5.16 Å². The van der Waals surface area contributed by atoms with Crippen molar-refractivity contribution in [1.82, 2.24) is 25.2 Å². The van der Waals surface area contributed by atoms with Gasteiger partial charge in [-0.05, 0) is 31.4 Å². The zero-order valence-corrected chi connectivity index (χ0v) is 18.9. The molecule has 10 heteroatoms. The first-order valence-corrected chi connectivity index (χ1v) is 11.7. The number of thioether (sulfide) groups is 1. The van der Waals surface area contributed by atoms with Crippen LogP contribution in [0.4, 0.5) is 5.82 Å². The second-order valence-corrected chi connectivity index (χ2v) is 9.19. The Labute approximate surface area is 190 Å². The van der Waals surface area contributed by atoms with Gasteiger partial charge in [-0.15, -0.1) is 0 Å². The Kier molecular flexibility index (Phi) is 6.92. The van der Waals surface area contributed by atoms with Crippen LogP contribution in [-0.2, 0) is 16.1 Å². The van der Waals surface area contributed by atoms with Gasteiger partial charge in [0.1, 0.15) is 11.0 Å². The summed E-state index contributed by atoms with van der Waals surface area (Å²) in [6, 6.07) is 5.59. The number of carbonyl (C=O) groups excluding carboxylic acids is 2. The van der Waals surface area contributed by atoms with Crippen molar-refractivity contribution in [1.29, 1.82) is 0 Å². The summed E-state index contributed by atoms with van der Waals surface area (Å²) in [5, 5.41) is 3.66. The number of nitrogens with one attached hydrogen (secondary N) is 1. The lowest BCUT2D eigenvalue weighted by Gasteiger charge is -2.40. The molecular formula is C21H25ClN6O2S. The second-order valence-electron chi connectivity index (χ2n) is 7.86. The van der Waals surface area contributed by atoms with E-state index >= 15 is 0 Å². The number of halogens is 1. The molecule has 4 rings (SSSR count). The number of rotatable bonds is 7. The molecule has 8 nitrogen and oxygen atoms in total. The van der Waals surface area contributed by atoms with Crippen LogP contribution in [0.25, 0.3) is 0 Å². The third kappa shape index (κ3) is 5.86. The monoisotopic (exact) mass is 460 g/mol. The first-order chi connectivity index (χ1) is 15.0. The molecule has 1 N–H and O–H groups in total. The topological polar surface area (TPSA) is 91.3 Å². The van der Waals surface area contributed by atoms with E-state index in [-0.39, 0.29) is 29.5 Å². The molecule has 0 radical (unpaired) electrons. The first kappa shape index (κ1) is 21.8. The lowest BCUT2D eigenvalue weighted by molar-refractivity contribution is -0.135. The normalized spacial score (nSPS) is 18.7. The van der Waals surface area contributed by atoms with E-state index in [2.05, 4.69) is 32.1 Å². The maximum atomic E-state index is 12.4. The number of amides is 2. The van der Waals surface area contributed by atoms with Gasteiger partial charge in [-0.3, -0.25) is 14.6 Å². The molecule has 2 aromatic rings. The van der Waals surface area contributed by atoms with Crippen molar-refractivity contribution < 1.29 is 9.59 Å². The van der Waals surface area contributed by atoms with Crippen LogP contribution >= 0.6 is 23.4 Å². The van der Waals surface area contributed by atoms with Gasteiger partial charge >= 0.3 is 0 Å². The Morgan fingerprint density at radius 2 is 2.13 bits per heavy atom. The smallest absolute Gasteiger partial charge is 0.230 e. The molecule has 2 aromatic heterocycles. The SMILES string of the molecule is CC1CN(c2cc(Cl)nc(SCC(=O)NCc3cccnc3)n2)CCN1C(=O)C1CC1. The summed E-state index contributed by atoms with van der Waals surface area (Å²) in [6.45, 7) is 4.57. The van der Waals surface area contributed by atoms with Gasteiger partial charge in [0.25, 0.3) is 0 Å². The average Bonchev–Trinajstić information content (AvgIpc) is 3.61. The minimum Gasteiger partial charge on any atom is -0.353 e. The molecule has 31 heavy (non-hydrogen) atoms. The van der Waals surface area contributed by atoms with Crippen LogP contribution in [0.3, 0.4) is 0 Å². The van der Waals surface area contributed by atoms with Crippen LogP contribution < -0.4 is 10.2 Å². The summed E-state index contributed by atoms with van der Waals surface area (Å²) >= 11 is 7.48.